The Morgan fingerprint density at radius 2 is 1.00 bits per heavy atom. The molecule has 0 spiro atoms. The van der Waals surface area contributed by atoms with Gasteiger partial charge in [-0.25, -0.2) is 8.78 Å². The molecule has 0 aliphatic heterocycles. The third kappa shape index (κ3) is 5.45. The summed E-state index contributed by atoms with van der Waals surface area (Å²) in [6, 6.07) is 11.0. The number of ether oxygens (including phenoxy) is 1. The van der Waals surface area contributed by atoms with Crippen molar-refractivity contribution in [3.63, 3.8) is 0 Å². The van der Waals surface area contributed by atoms with Crippen LogP contribution in [0.5, 0.6) is 11.5 Å². The van der Waals surface area contributed by atoms with Crippen LogP contribution in [0.4, 0.5) is 20.2 Å². The van der Waals surface area contributed by atoms with Crippen LogP contribution in [-0.2, 0) is 0 Å². The van der Waals surface area contributed by atoms with E-state index in [1.807, 2.05) is 0 Å². The van der Waals surface area contributed by atoms with Gasteiger partial charge in [0, 0.05) is 56.6 Å². The van der Waals surface area contributed by atoms with Crippen molar-refractivity contribution in [3.8, 4) is 33.8 Å². The lowest BCUT2D eigenvalue weighted by molar-refractivity contribution is -0.385. The quantitative estimate of drug-likeness (QED) is 0.166. The maximum absolute atomic E-state index is 14.9. The fourth-order valence-corrected chi connectivity index (χ4v) is 4.69. The van der Waals surface area contributed by atoms with E-state index in [1.54, 1.807) is 0 Å². The first kappa shape index (κ1) is 26.6. The SMILES string of the molecule is O=[N+]([O-])c1ccc(Oc2ccc([N+](=O)[O-])cc2-c2c(F)cc(Cl)cc2Cl)c(-c2c(F)cc(Cl)cc2Cl)c1. The van der Waals surface area contributed by atoms with E-state index in [2.05, 4.69) is 0 Å². The van der Waals surface area contributed by atoms with Gasteiger partial charge < -0.3 is 4.74 Å². The molecule has 0 aliphatic rings. The normalized spacial score (nSPS) is 10.9. The fourth-order valence-electron chi connectivity index (χ4n) is 3.55. The summed E-state index contributed by atoms with van der Waals surface area (Å²) in [4.78, 5) is 21.4. The van der Waals surface area contributed by atoms with E-state index in [9.17, 15) is 29.0 Å². The van der Waals surface area contributed by atoms with Crippen LogP contribution >= 0.6 is 46.4 Å². The molecule has 4 aromatic carbocycles. The largest absolute Gasteiger partial charge is 0.456 e. The van der Waals surface area contributed by atoms with Crippen molar-refractivity contribution in [2.75, 3.05) is 0 Å². The Balaban J connectivity index is 1.96. The Labute approximate surface area is 227 Å². The predicted octanol–water partition coefficient (Wildman–Crippen LogP) is 9.52. The Morgan fingerprint density at radius 3 is 1.32 bits per heavy atom. The fraction of sp³-hybridized carbons (Fsp3) is 0. The molecule has 0 bridgehead atoms. The number of halogens is 6. The van der Waals surface area contributed by atoms with E-state index < -0.39 is 32.9 Å². The predicted molar refractivity (Wildman–Crippen MR) is 137 cm³/mol. The van der Waals surface area contributed by atoms with Gasteiger partial charge in [-0.15, -0.1) is 0 Å². The summed E-state index contributed by atoms with van der Waals surface area (Å²) in [5.74, 6) is -2.04. The maximum Gasteiger partial charge on any atom is 0.270 e. The molecule has 0 saturated carbocycles. The number of benzene rings is 4. The standard InChI is InChI=1S/C24H10Cl4F2N2O5/c25-11-5-17(27)23(19(29)7-11)15-9-13(31(33)34)1-3-21(15)37-22-4-2-14(32(35)36)10-16(22)24-18(28)6-12(26)8-20(24)30/h1-10H. The van der Waals surface area contributed by atoms with Gasteiger partial charge in [-0.05, 0) is 36.4 Å². The van der Waals surface area contributed by atoms with Gasteiger partial charge in [0.25, 0.3) is 11.4 Å². The Hall–Kier alpha value is -3.50. The van der Waals surface area contributed by atoms with Gasteiger partial charge in [0.05, 0.1) is 19.9 Å². The molecule has 4 rings (SSSR count). The van der Waals surface area contributed by atoms with Crippen LogP contribution in [0.25, 0.3) is 22.3 Å². The molecule has 0 amide bonds. The summed E-state index contributed by atoms with van der Waals surface area (Å²) >= 11 is 24.1. The number of hydrogen-bond donors (Lipinski definition) is 0. The lowest BCUT2D eigenvalue weighted by Crippen LogP contribution is -1.98. The Kier molecular flexibility index (Phi) is 7.52. The van der Waals surface area contributed by atoms with E-state index in [4.69, 9.17) is 51.1 Å². The van der Waals surface area contributed by atoms with Crippen LogP contribution in [0, 0.1) is 31.9 Å². The van der Waals surface area contributed by atoms with Gasteiger partial charge in [-0.1, -0.05) is 46.4 Å². The molecule has 0 radical (unpaired) electrons. The van der Waals surface area contributed by atoms with Gasteiger partial charge in [-0.2, -0.15) is 0 Å². The van der Waals surface area contributed by atoms with E-state index >= 15 is 0 Å². The van der Waals surface area contributed by atoms with Gasteiger partial charge in [0.15, 0.2) is 0 Å². The van der Waals surface area contributed by atoms with E-state index in [0.717, 1.165) is 36.4 Å². The molecule has 0 fully saturated rings. The first-order chi connectivity index (χ1) is 17.5. The van der Waals surface area contributed by atoms with Crippen LogP contribution in [-0.4, -0.2) is 9.85 Å². The summed E-state index contributed by atoms with van der Waals surface area (Å²) in [6.45, 7) is 0. The first-order valence-corrected chi connectivity index (χ1v) is 11.5. The zero-order valence-corrected chi connectivity index (χ0v) is 21.0. The van der Waals surface area contributed by atoms with Crippen LogP contribution in [0.2, 0.25) is 20.1 Å². The number of nitro groups is 2. The summed E-state index contributed by atoms with van der Waals surface area (Å²) in [6.07, 6.45) is 0. The molecule has 13 heteroatoms. The second-order valence-corrected chi connectivity index (χ2v) is 9.15. The van der Waals surface area contributed by atoms with E-state index in [0.29, 0.717) is 0 Å². The Morgan fingerprint density at radius 1 is 0.622 bits per heavy atom. The van der Waals surface area contributed by atoms with Crippen molar-refractivity contribution in [2.45, 2.75) is 0 Å². The minimum absolute atomic E-state index is 0.00957. The molecule has 7 nitrogen and oxygen atoms in total. The number of rotatable bonds is 6. The minimum Gasteiger partial charge on any atom is -0.456 e. The highest BCUT2D eigenvalue weighted by Crippen LogP contribution is 2.45. The summed E-state index contributed by atoms with van der Waals surface area (Å²) < 4.78 is 35.8. The zero-order chi connectivity index (χ0) is 27.0. The molecule has 0 saturated heterocycles. The summed E-state index contributed by atoms with van der Waals surface area (Å²) in [5.41, 5.74) is -1.54. The van der Waals surface area contributed by atoms with Crippen LogP contribution in [0.3, 0.4) is 0 Å². The van der Waals surface area contributed by atoms with E-state index in [1.165, 1.54) is 24.3 Å². The topological polar surface area (TPSA) is 95.5 Å². The molecule has 188 valence electrons. The highest BCUT2D eigenvalue weighted by Gasteiger charge is 2.24. The number of hydrogen-bond acceptors (Lipinski definition) is 5. The second kappa shape index (κ2) is 10.5. The maximum atomic E-state index is 14.9. The molecule has 0 aliphatic carbocycles. The lowest BCUT2D eigenvalue weighted by Gasteiger charge is -2.17. The van der Waals surface area contributed by atoms with Crippen molar-refractivity contribution in [2.24, 2.45) is 0 Å². The minimum atomic E-state index is -0.890. The summed E-state index contributed by atoms with van der Waals surface area (Å²) in [5, 5.41) is 22.5. The summed E-state index contributed by atoms with van der Waals surface area (Å²) in [7, 11) is 0. The first-order valence-electron chi connectivity index (χ1n) is 10.0. The Bertz CT molecular complexity index is 1440. The van der Waals surface area contributed by atoms with E-state index in [-0.39, 0.29) is 53.8 Å². The third-order valence-corrected chi connectivity index (χ3v) is 6.15. The van der Waals surface area contributed by atoms with Gasteiger partial charge in [0.1, 0.15) is 23.1 Å². The molecule has 0 N–H and O–H groups in total. The van der Waals surface area contributed by atoms with Crippen LogP contribution in [0.1, 0.15) is 0 Å². The molecule has 0 aromatic heterocycles. The smallest absolute Gasteiger partial charge is 0.270 e. The van der Waals surface area contributed by atoms with Gasteiger partial charge in [-0.3, -0.25) is 20.2 Å². The molecule has 0 unspecified atom stereocenters. The highest BCUT2D eigenvalue weighted by molar-refractivity contribution is 6.37. The highest BCUT2D eigenvalue weighted by atomic mass is 35.5. The number of nitrogens with zero attached hydrogens (tertiary/aromatic N) is 2. The van der Waals surface area contributed by atoms with Gasteiger partial charge in [0.2, 0.25) is 0 Å². The van der Waals surface area contributed by atoms with Crippen LogP contribution in [0.15, 0.2) is 60.7 Å². The molecule has 4 aromatic rings. The monoisotopic (exact) mass is 584 g/mol. The van der Waals surface area contributed by atoms with Crippen LogP contribution < -0.4 is 4.74 Å². The molecule has 0 heterocycles. The molecule has 37 heavy (non-hydrogen) atoms. The van der Waals surface area contributed by atoms with Crippen molar-refractivity contribution >= 4 is 57.8 Å². The second-order valence-electron chi connectivity index (χ2n) is 7.47. The average molecular weight is 586 g/mol. The zero-order valence-electron chi connectivity index (χ0n) is 18.0. The van der Waals surface area contributed by atoms with Crippen molar-refractivity contribution < 1.29 is 23.4 Å². The molecular weight excluding hydrogens is 576 g/mol. The molecule has 0 atom stereocenters. The molecular formula is C24H10Cl4F2N2O5. The van der Waals surface area contributed by atoms with Crippen molar-refractivity contribution in [3.05, 3.63) is 113 Å². The van der Waals surface area contributed by atoms with Gasteiger partial charge >= 0.3 is 0 Å². The average Bonchev–Trinajstić information content (AvgIpc) is 2.79. The number of non-ortho nitro benzene ring substituents is 2. The van der Waals surface area contributed by atoms with Crippen molar-refractivity contribution in [1.82, 2.24) is 0 Å². The third-order valence-electron chi connectivity index (χ3n) is 5.12. The number of nitro benzene ring substituents is 2. The lowest BCUT2D eigenvalue weighted by atomic mass is 10.0. The van der Waals surface area contributed by atoms with Crippen molar-refractivity contribution in [1.29, 1.82) is 0 Å².